The number of ether oxygens (including phenoxy) is 1. The molecule has 0 aliphatic carbocycles. The van der Waals surface area contributed by atoms with Crippen molar-refractivity contribution in [2.45, 2.75) is 38.1 Å². The first-order valence-electron chi connectivity index (χ1n) is 7.45. The molecule has 1 aromatic carbocycles. The van der Waals surface area contributed by atoms with Crippen molar-refractivity contribution in [1.82, 2.24) is 4.90 Å². The molecule has 1 aromatic rings. The minimum atomic E-state index is -0.669. The van der Waals surface area contributed by atoms with Gasteiger partial charge in [-0.15, -0.1) is 0 Å². The molecule has 0 unspecified atom stereocenters. The molecule has 108 valence electrons. The van der Waals surface area contributed by atoms with E-state index in [1.54, 1.807) is 0 Å². The predicted molar refractivity (Wildman–Crippen MR) is 76.2 cm³/mol. The molecule has 1 atom stereocenters. The molecular formula is C16H21NO3. The van der Waals surface area contributed by atoms with Crippen LogP contribution in [0.5, 0.6) is 5.75 Å². The number of hydrogen-bond acceptors (Lipinski definition) is 3. The molecule has 0 radical (unpaired) electrons. The lowest BCUT2D eigenvalue weighted by Gasteiger charge is -2.20. The number of likely N-dealkylation sites (tertiary alicyclic amines) is 1. The highest BCUT2D eigenvalue weighted by molar-refractivity contribution is 5.73. The Kier molecular flexibility index (Phi) is 3.92. The molecule has 0 spiro atoms. The molecule has 2 aliphatic rings. The number of fused-ring (bicyclic) bond motifs is 1. The van der Waals surface area contributed by atoms with Gasteiger partial charge in [-0.3, -0.25) is 9.69 Å². The van der Waals surface area contributed by atoms with E-state index in [0.717, 1.165) is 57.6 Å². The van der Waals surface area contributed by atoms with Gasteiger partial charge in [0.15, 0.2) is 0 Å². The van der Waals surface area contributed by atoms with Crippen LogP contribution in [-0.2, 0) is 17.6 Å². The average Bonchev–Trinajstić information content (AvgIpc) is 3.06. The lowest BCUT2D eigenvalue weighted by molar-refractivity contribution is -0.142. The molecule has 0 saturated carbocycles. The summed E-state index contributed by atoms with van der Waals surface area (Å²) in [7, 11) is 0. The van der Waals surface area contributed by atoms with Crippen molar-refractivity contribution in [2.24, 2.45) is 0 Å². The highest BCUT2D eigenvalue weighted by atomic mass is 16.5. The van der Waals surface area contributed by atoms with Gasteiger partial charge in [-0.05, 0) is 56.0 Å². The monoisotopic (exact) mass is 275 g/mol. The van der Waals surface area contributed by atoms with Crippen LogP contribution in [0, 0.1) is 0 Å². The molecule has 0 amide bonds. The maximum atomic E-state index is 11.1. The molecular weight excluding hydrogens is 254 g/mol. The standard InChI is InChI=1S/C16H21NO3/c18-16(19)14-4-2-9-17(14)8-1-3-12-5-6-15-13(11-12)7-10-20-15/h5-6,11,14H,1-4,7-10H2,(H,18,19)/t14-/m0/s1. The van der Waals surface area contributed by atoms with E-state index in [-0.39, 0.29) is 6.04 Å². The number of carbonyl (C=O) groups is 1. The Balaban J connectivity index is 1.51. The maximum absolute atomic E-state index is 11.1. The predicted octanol–water partition coefficient (Wildman–Crippen LogP) is 2.10. The molecule has 2 aliphatic heterocycles. The van der Waals surface area contributed by atoms with Gasteiger partial charge < -0.3 is 9.84 Å². The zero-order valence-electron chi connectivity index (χ0n) is 11.7. The highest BCUT2D eigenvalue weighted by Crippen LogP contribution is 2.26. The number of carboxylic acids is 1. The fraction of sp³-hybridized carbons (Fsp3) is 0.562. The van der Waals surface area contributed by atoms with Gasteiger partial charge in [0.25, 0.3) is 0 Å². The molecule has 2 heterocycles. The molecule has 4 nitrogen and oxygen atoms in total. The van der Waals surface area contributed by atoms with Gasteiger partial charge in [-0.1, -0.05) is 12.1 Å². The minimum absolute atomic E-state index is 0.261. The zero-order valence-corrected chi connectivity index (χ0v) is 11.7. The summed E-state index contributed by atoms with van der Waals surface area (Å²) in [4.78, 5) is 13.2. The first kappa shape index (κ1) is 13.4. The number of benzene rings is 1. The third-order valence-corrected chi connectivity index (χ3v) is 4.31. The van der Waals surface area contributed by atoms with Crippen LogP contribution < -0.4 is 4.74 Å². The van der Waals surface area contributed by atoms with E-state index in [1.165, 1.54) is 11.1 Å². The highest BCUT2D eigenvalue weighted by Gasteiger charge is 2.29. The third kappa shape index (κ3) is 2.80. The van der Waals surface area contributed by atoms with Crippen molar-refractivity contribution in [3.63, 3.8) is 0 Å². The average molecular weight is 275 g/mol. The summed E-state index contributed by atoms with van der Waals surface area (Å²) in [5.74, 6) is 0.358. The smallest absolute Gasteiger partial charge is 0.320 e. The van der Waals surface area contributed by atoms with E-state index in [4.69, 9.17) is 9.84 Å². The van der Waals surface area contributed by atoms with Crippen molar-refractivity contribution in [1.29, 1.82) is 0 Å². The van der Waals surface area contributed by atoms with Crippen molar-refractivity contribution < 1.29 is 14.6 Å². The van der Waals surface area contributed by atoms with E-state index in [0.29, 0.717) is 0 Å². The Hall–Kier alpha value is -1.55. The van der Waals surface area contributed by atoms with Crippen LogP contribution >= 0.6 is 0 Å². The second-order valence-electron chi connectivity index (χ2n) is 5.68. The first-order valence-corrected chi connectivity index (χ1v) is 7.45. The van der Waals surface area contributed by atoms with Gasteiger partial charge in [-0.2, -0.15) is 0 Å². The van der Waals surface area contributed by atoms with Gasteiger partial charge in [0.1, 0.15) is 11.8 Å². The Morgan fingerprint density at radius 1 is 1.45 bits per heavy atom. The number of hydrogen-bond donors (Lipinski definition) is 1. The van der Waals surface area contributed by atoms with Crippen LogP contribution in [0.4, 0.5) is 0 Å². The van der Waals surface area contributed by atoms with E-state index in [2.05, 4.69) is 23.1 Å². The molecule has 3 rings (SSSR count). The quantitative estimate of drug-likeness (QED) is 0.894. The molecule has 4 heteroatoms. The Morgan fingerprint density at radius 2 is 2.35 bits per heavy atom. The summed E-state index contributed by atoms with van der Waals surface area (Å²) in [5, 5.41) is 9.15. The van der Waals surface area contributed by atoms with Crippen LogP contribution in [0.2, 0.25) is 0 Å². The van der Waals surface area contributed by atoms with Crippen molar-refractivity contribution >= 4 is 5.97 Å². The second-order valence-corrected chi connectivity index (χ2v) is 5.68. The van der Waals surface area contributed by atoms with Gasteiger partial charge in [-0.25, -0.2) is 0 Å². The van der Waals surface area contributed by atoms with E-state index in [9.17, 15) is 4.79 Å². The molecule has 0 bridgehead atoms. The van der Waals surface area contributed by atoms with Gasteiger partial charge >= 0.3 is 5.97 Å². The first-order chi connectivity index (χ1) is 9.74. The Labute approximate surface area is 119 Å². The van der Waals surface area contributed by atoms with Crippen LogP contribution in [0.15, 0.2) is 18.2 Å². The summed E-state index contributed by atoms with van der Waals surface area (Å²) in [6, 6.07) is 6.17. The van der Waals surface area contributed by atoms with Gasteiger partial charge in [0.05, 0.1) is 6.61 Å². The normalized spacial score (nSPS) is 21.7. The number of aliphatic carboxylic acids is 1. The van der Waals surface area contributed by atoms with Crippen LogP contribution in [0.25, 0.3) is 0 Å². The molecule has 0 aromatic heterocycles. The van der Waals surface area contributed by atoms with E-state index >= 15 is 0 Å². The van der Waals surface area contributed by atoms with E-state index in [1.807, 2.05) is 0 Å². The summed E-state index contributed by atoms with van der Waals surface area (Å²) in [6.07, 6.45) is 4.84. The van der Waals surface area contributed by atoms with Crippen LogP contribution in [-0.4, -0.2) is 41.7 Å². The van der Waals surface area contributed by atoms with Gasteiger partial charge in [0, 0.05) is 6.42 Å². The Bertz CT molecular complexity index is 500. The number of aryl methyl sites for hydroxylation is 1. The number of carboxylic acid groups (broad SMARTS) is 1. The second kappa shape index (κ2) is 5.83. The topological polar surface area (TPSA) is 49.8 Å². The Morgan fingerprint density at radius 3 is 3.20 bits per heavy atom. The maximum Gasteiger partial charge on any atom is 0.320 e. The summed E-state index contributed by atoms with van der Waals surface area (Å²) < 4.78 is 5.51. The lowest BCUT2D eigenvalue weighted by Crippen LogP contribution is -2.36. The fourth-order valence-electron chi connectivity index (χ4n) is 3.26. The largest absolute Gasteiger partial charge is 0.493 e. The van der Waals surface area contributed by atoms with Crippen molar-refractivity contribution in [3.05, 3.63) is 29.3 Å². The van der Waals surface area contributed by atoms with Crippen LogP contribution in [0.3, 0.4) is 0 Å². The third-order valence-electron chi connectivity index (χ3n) is 4.31. The summed E-state index contributed by atoms with van der Waals surface area (Å²) in [6.45, 7) is 2.60. The molecule has 1 saturated heterocycles. The SMILES string of the molecule is O=C(O)[C@@H]1CCCN1CCCc1ccc2c(c1)CCO2. The zero-order chi connectivity index (χ0) is 13.9. The number of rotatable bonds is 5. The molecule has 20 heavy (non-hydrogen) atoms. The van der Waals surface area contributed by atoms with Crippen molar-refractivity contribution in [3.8, 4) is 5.75 Å². The molecule has 1 fully saturated rings. The molecule has 1 N–H and O–H groups in total. The summed E-state index contributed by atoms with van der Waals surface area (Å²) >= 11 is 0. The van der Waals surface area contributed by atoms with Crippen LogP contribution in [0.1, 0.15) is 30.4 Å². The van der Waals surface area contributed by atoms with E-state index < -0.39 is 5.97 Å². The lowest BCUT2D eigenvalue weighted by atomic mass is 10.0. The van der Waals surface area contributed by atoms with Gasteiger partial charge in [0.2, 0.25) is 0 Å². The minimum Gasteiger partial charge on any atom is -0.493 e. The summed E-state index contributed by atoms with van der Waals surface area (Å²) in [5.41, 5.74) is 2.65. The fourth-order valence-corrected chi connectivity index (χ4v) is 3.26. The number of nitrogens with zero attached hydrogens (tertiary/aromatic N) is 1. The van der Waals surface area contributed by atoms with Crippen molar-refractivity contribution in [2.75, 3.05) is 19.7 Å².